The number of phenolic OH excluding ortho intramolecular Hbond substituents is 1. The summed E-state index contributed by atoms with van der Waals surface area (Å²) in [5.74, 6) is 0.757. The van der Waals surface area contributed by atoms with E-state index in [4.69, 9.17) is 9.15 Å². The Morgan fingerprint density at radius 3 is 2.89 bits per heavy atom. The standard InChI is InChI=1S/C14H14O4/c1-14(2)6-5-8-10(15)7-11-9(13(8)18-14)3-4-12(16)17-11/h3-4,7,15H,5-6H2,1-2H3. The van der Waals surface area contributed by atoms with Crippen molar-refractivity contribution in [2.75, 3.05) is 0 Å². The summed E-state index contributed by atoms with van der Waals surface area (Å²) in [6, 6.07) is 4.53. The predicted molar refractivity (Wildman–Crippen MR) is 67.2 cm³/mol. The minimum Gasteiger partial charge on any atom is -0.507 e. The van der Waals surface area contributed by atoms with Crippen LogP contribution in [0.15, 0.2) is 27.4 Å². The van der Waals surface area contributed by atoms with Crippen LogP contribution in [-0.2, 0) is 6.42 Å². The summed E-state index contributed by atoms with van der Waals surface area (Å²) < 4.78 is 11.0. The van der Waals surface area contributed by atoms with Crippen LogP contribution in [0.3, 0.4) is 0 Å². The molecule has 0 amide bonds. The van der Waals surface area contributed by atoms with Crippen molar-refractivity contribution in [2.24, 2.45) is 0 Å². The molecule has 0 spiro atoms. The maximum atomic E-state index is 11.2. The van der Waals surface area contributed by atoms with E-state index in [-0.39, 0.29) is 11.4 Å². The van der Waals surface area contributed by atoms with Gasteiger partial charge in [0.15, 0.2) is 0 Å². The van der Waals surface area contributed by atoms with Gasteiger partial charge in [-0.1, -0.05) is 0 Å². The maximum Gasteiger partial charge on any atom is 0.336 e. The van der Waals surface area contributed by atoms with Gasteiger partial charge in [0, 0.05) is 17.7 Å². The Hall–Kier alpha value is -1.97. The van der Waals surface area contributed by atoms with Crippen molar-refractivity contribution in [2.45, 2.75) is 32.3 Å². The average molecular weight is 246 g/mol. The molecule has 4 heteroatoms. The van der Waals surface area contributed by atoms with Crippen molar-refractivity contribution in [1.29, 1.82) is 0 Å². The van der Waals surface area contributed by atoms with E-state index in [0.29, 0.717) is 11.3 Å². The van der Waals surface area contributed by atoms with E-state index in [1.807, 2.05) is 13.8 Å². The zero-order valence-electron chi connectivity index (χ0n) is 10.3. The summed E-state index contributed by atoms with van der Waals surface area (Å²) in [4.78, 5) is 11.2. The molecule has 4 nitrogen and oxygen atoms in total. The highest BCUT2D eigenvalue weighted by molar-refractivity contribution is 5.87. The Balaban J connectivity index is 2.34. The highest BCUT2D eigenvalue weighted by Gasteiger charge is 2.30. The Labute approximate surface area is 104 Å². The molecule has 94 valence electrons. The van der Waals surface area contributed by atoms with Gasteiger partial charge in [0.05, 0.1) is 5.39 Å². The normalized spacial score (nSPS) is 17.2. The zero-order valence-corrected chi connectivity index (χ0v) is 10.3. The van der Waals surface area contributed by atoms with Crippen LogP contribution in [0, 0.1) is 0 Å². The first-order valence-electron chi connectivity index (χ1n) is 5.94. The lowest BCUT2D eigenvalue weighted by Crippen LogP contribution is -2.32. The van der Waals surface area contributed by atoms with Gasteiger partial charge in [-0.05, 0) is 32.8 Å². The number of ether oxygens (including phenoxy) is 1. The average Bonchev–Trinajstić information content (AvgIpc) is 2.27. The van der Waals surface area contributed by atoms with Crippen LogP contribution in [0.25, 0.3) is 11.0 Å². The summed E-state index contributed by atoms with van der Waals surface area (Å²) in [7, 11) is 0. The molecule has 3 rings (SSSR count). The van der Waals surface area contributed by atoms with Crippen molar-refractivity contribution in [1.82, 2.24) is 0 Å². The Bertz CT molecular complexity index is 682. The highest BCUT2D eigenvalue weighted by atomic mass is 16.5. The van der Waals surface area contributed by atoms with E-state index < -0.39 is 5.63 Å². The first-order valence-corrected chi connectivity index (χ1v) is 5.94. The van der Waals surface area contributed by atoms with E-state index >= 15 is 0 Å². The van der Waals surface area contributed by atoms with Crippen molar-refractivity contribution >= 4 is 11.0 Å². The first-order chi connectivity index (χ1) is 8.46. The minimum atomic E-state index is -0.433. The van der Waals surface area contributed by atoms with E-state index in [0.717, 1.165) is 23.8 Å². The van der Waals surface area contributed by atoms with Gasteiger partial charge in [-0.25, -0.2) is 4.79 Å². The van der Waals surface area contributed by atoms with E-state index in [2.05, 4.69) is 0 Å². The number of phenols is 1. The van der Waals surface area contributed by atoms with Gasteiger partial charge in [0.1, 0.15) is 22.7 Å². The summed E-state index contributed by atoms with van der Waals surface area (Å²) in [6.07, 6.45) is 1.60. The fourth-order valence-corrected chi connectivity index (χ4v) is 2.33. The van der Waals surface area contributed by atoms with Gasteiger partial charge >= 0.3 is 5.63 Å². The molecule has 0 radical (unpaired) electrons. The molecule has 0 unspecified atom stereocenters. The molecule has 0 aliphatic carbocycles. The number of rotatable bonds is 0. The van der Waals surface area contributed by atoms with Gasteiger partial charge < -0.3 is 14.3 Å². The van der Waals surface area contributed by atoms with E-state index in [1.54, 1.807) is 6.07 Å². The molecule has 0 atom stereocenters. The van der Waals surface area contributed by atoms with Gasteiger partial charge in [-0.2, -0.15) is 0 Å². The third-order valence-electron chi connectivity index (χ3n) is 3.31. The summed E-state index contributed by atoms with van der Waals surface area (Å²) in [5.41, 5.74) is 0.438. The van der Waals surface area contributed by atoms with Crippen LogP contribution in [0.1, 0.15) is 25.8 Å². The molecule has 0 saturated carbocycles. The van der Waals surface area contributed by atoms with E-state index in [1.165, 1.54) is 12.1 Å². The molecule has 0 saturated heterocycles. The van der Waals surface area contributed by atoms with Crippen LogP contribution in [0.4, 0.5) is 0 Å². The lowest BCUT2D eigenvalue weighted by Gasteiger charge is -2.33. The van der Waals surface area contributed by atoms with Crippen LogP contribution >= 0.6 is 0 Å². The first kappa shape index (κ1) is 11.1. The third kappa shape index (κ3) is 1.65. The number of aromatic hydroxyl groups is 1. The van der Waals surface area contributed by atoms with Gasteiger partial charge in [0.2, 0.25) is 0 Å². The molecule has 1 aromatic carbocycles. The van der Waals surface area contributed by atoms with Crippen LogP contribution < -0.4 is 10.4 Å². The number of hydrogen-bond acceptors (Lipinski definition) is 4. The van der Waals surface area contributed by atoms with Gasteiger partial charge in [-0.15, -0.1) is 0 Å². The topological polar surface area (TPSA) is 59.7 Å². The van der Waals surface area contributed by atoms with Crippen LogP contribution in [0.5, 0.6) is 11.5 Å². The smallest absolute Gasteiger partial charge is 0.336 e. The highest BCUT2D eigenvalue weighted by Crippen LogP contribution is 2.42. The van der Waals surface area contributed by atoms with E-state index in [9.17, 15) is 9.90 Å². The zero-order chi connectivity index (χ0) is 12.9. The Morgan fingerprint density at radius 2 is 2.11 bits per heavy atom. The molecule has 2 aromatic rings. The quantitative estimate of drug-likeness (QED) is 0.726. The maximum absolute atomic E-state index is 11.2. The molecule has 1 aliphatic rings. The number of hydrogen-bond donors (Lipinski definition) is 1. The van der Waals surface area contributed by atoms with Gasteiger partial charge in [0.25, 0.3) is 0 Å². The second-order valence-electron chi connectivity index (χ2n) is 5.23. The molecule has 1 N–H and O–H groups in total. The molecule has 1 aromatic heterocycles. The van der Waals surface area contributed by atoms with Crippen LogP contribution in [0.2, 0.25) is 0 Å². The molecule has 2 heterocycles. The second kappa shape index (κ2) is 3.51. The molecular formula is C14H14O4. The monoisotopic (exact) mass is 246 g/mol. The number of fused-ring (bicyclic) bond motifs is 3. The third-order valence-corrected chi connectivity index (χ3v) is 3.31. The lowest BCUT2D eigenvalue weighted by atomic mass is 9.92. The summed E-state index contributed by atoms with van der Waals surface area (Å²) >= 11 is 0. The van der Waals surface area contributed by atoms with Crippen molar-refractivity contribution in [3.8, 4) is 11.5 Å². The van der Waals surface area contributed by atoms with Gasteiger partial charge in [-0.3, -0.25) is 0 Å². The van der Waals surface area contributed by atoms with Crippen molar-refractivity contribution in [3.63, 3.8) is 0 Å². The van der Waals surface area contributed by atoms with Crippen molar-refractivity contribution in [3.05, 3.63) is 34.2 Å². The number of benzene rings is 1. The second-order valence-corrected chi connectivity index (χ2v) is 5.23. The van der Waals surface area contributed by atoms with Crippen molar-refractivity contribution < 1.29 is 14.3 Å². The predicted octanol–water partition coefficient (Wildman–Crippen LogP) is 2.60. The lowest BCUT2D eigenvalue weighted by molar-refractivity contribution is 0.0858. The molecule has 0 bridgehead atoms. The molecular weight excluding hydrogens is 232 g/mol. The SMILES string of the molecule is CC1(C)CCc2c(O)cc3oc(=O)ccc3c2O1. The Morgan fingerprint density at radius 1 is 1.33 bits per heavy atom. The minimum absolute atomic E-state index is 0.127. The van der Waals surface area contributed by atoms with Crippen LogP contribution in [-0.4, -0.2) is 10.7 Å². The molecule has 0 fully saturated rings. The largest absolute Gasteiger partial charge is 0.507 e. The Kier molecular flexibility index (Phi) is 2.17. The fraction of sp³-hybridized carbons (Fsp3) is 0.357. The fourth-order valence-electron chi connectivity index (χ4n) is 2.33. The molecule has 18 heavy (non-hydrogen) atoms. The molecule has 1 aliphatic heterocycles. The summed E-state index contributed by atoms with van der Waals surface area (Å²) in [6.45, 7) is 4.01. The summed E-state index contributed by atoms with van der Waals surface area (Å²) in [5, 5.41) is 10.7.